The van der Waals surface area contributed by atoms with E-state index in [-0.39, 0.29) is 36.1 Å². The number of thioether (sulfide) groups is 1. The molecule has 0 radical (unpaired) electrons. The highest BCUT2D eigenvalue weighted by atomic mass is 32.2. The Morgan fingerprint density at radius 1 is 1.17 bits per heavy atom. The molecule has 6 nitrogen and oxygen atoms in total. The van der Waals surface area contributed by atoms with Crippen molar-refractivity contribution in [2.24, 2.45) is 0 Å². The number of hydrogen-bond donors (Lipinski definition) is 1. The number of carbonyl (C=O) groups excluding carboxylic acids is 2. The first-order valence-corrected chi connectivity index (χ1v) is 11.1. The number of para-hydroxylation sites is 1. The Morgan fingerprint density at radius 2 is 1.83 bits per heavy atom. The van der Waals surface area contributed by atoms with Gasteiger partial charge in [-0.15, -0.1) is 11.8 Å². The molecule has 7 heteroatoms. The normalized spacial score (nSPS) is 20.1. The Hall–Kier alpha value is -1.99. The van der Waals surface area contributed by atoms with E-state index in [2.05, 4.69) is 5.32 Å². The van der Waals surface area contributed by atoms with Crippen molar-refractivity contribution in [3.05, 3.63) is 30.5 Å². The van der Waals surface area contributed by atoms with E-state index in [0.717, 1.165) is 15.8 Å². The van der Waals surface area contributed by atoms with Crippen LogP contribution in [0, 0.1) is 0 Å². The predicted octanol–water partition coefficient (Wildman–Crippen LogP) is 3.28. The lowest BCUT2D eigenvalue weighted by molar-refractivity contribution is -0.143. The Kier molecular flexibility index (Phi) is 6.58. The highest BCUT2D eigenvalue weighted by Crippen LogP contribution is 2.30. The second-order valence-electron chi connectivity index (χ2n) is 8.78. The fourth-order valence-electron chi connectivity index (χ4n) is 3.68. The molecule has 2 aromatic rings. The number of morpholine rings is 1. The SMILES string of the molecule is CC1CN(C(=O)Cn2cc(SCC(=O)NC(C)(C)C)c3ccccc32)CC(C)O1. The molecule has 0 saturated carbocycles. The van der Waals surface area contributed by atoms with Crippen LogP contribution in [0.1, 0.15) is 34.6 Å². The first-order chi connectivity index (χ1) is 13.6. The molecule has 1 aromatic carbocycles. The molecule has 0 aliphatic carbocycles. The van der Waals surface area contributed by atoms with Gasteiger partial charge < -0.3 is 19.5 Å². The number of ether oxygens (including phenoxy) is 1. The number of amides is 2. The van der Waals surface area contributed by atoms with E-state index in [0.29, 0.717) is 18.8 Å². The molecule has 1 aliphatic rings. The van der Waals surface area contributed by atoms with Crippen molar-refractivity contribution in [2.45, 2.75) is 63.8 Å². The van der Waals surface area contributed by atoms with Gasteiger partial charge in [-0.2, -0.15) is 0 Å². The number of carbonyl (C=O) groups is 2. The summed E-state index contributed by atoms with van der Waals surface area (Å²) in [5.74, 6) is 0.444. The molecule has 0 bridgehead atoms. The molecule has 2 unspecified atom stereocenters. The van der Waals surface area contributed by atoms with Crippen molar-refractivity contribution in [1.29, 1.82) is 0 Å². The van der Waals surface area contributed by atoms with Crippen LogP contribution in [-0.4, -0.2) is 57.9 Å². The van der Waals surface area contributed by atoms with Crippen LogP contribution in [0.5, 0.6) is 0 Å². The van der Waals surface area contributed by atoms with Gasteiger partial charge in [-0.25, -0.2) is 0 Å². The Morgan fingerprint density at radius 3 is 2.48 bits per heavy atom. The van der Waals surface area contributed by atoms with Crippen molar-refractivity contribution >= 4 is 34.5 Å². The summed E-state index contributed by atoms with van der Waals surface area (Å²) in [5.41, 5.74) is 0.763. The summed E-state index contributed by atoms with van der Waals surface area (Å²) in [6, 6.07) is 8.02. The third-order valence-electron chi connectivity index (χ3n) is 4.70. The van der Waals surface area contributed by atoms with Crippen molar-refractivity contribution in [2.75, 3.05) is 18.8 Å². The van der Waals surface area contributed by atoms with Crippen LogP contribution in [0.2, 0.25) is 0 Å². The lowest BCUT2D eigenvalue weighted by Crippen LogP contribution is -2.49. The molecule has 2 atom stereocenters. The number of hydrogen-bond acceptors (Lipinski definition) is 4. The van der Waals surface area contributed by atoms with Gasteiger partial charge in [0, 0.05) is 40.6 Å². The maximum Gasteiger partial charge on any atom is 0.242 e. The lowest BCUT2D eigenvalue weighted by Gasteiger charge is -2.35. The number of fused-ring (bicyclic) bond motifs is 1. The van der Waals surface area contributed by atoms with Gasteiger partial charge in [0.1, 0.15) is 6.54 Å². The summed E-state index contributed by atoms with van der Waals surface area (Å²) in [7, 11) is 0. The van der Waals surface area contributed by atoms with Gasteiger partial charge in [0.2, 0.25) is 11.8 Å². The van der Waals surface area contributed by atoms with Crippen molar-refractivity contribution < 1.29 is 14.3 Å². The van der Waals surface area contributed by atoms with Crippen LogP contribution >= 0.6 is 11.8 Å². The third-order valence-corrected chi connectivity index (χ3v) is 5.75. The second-order valence-corrected chi connectivity index (χ2v) is 9.80. The van der Waals surface area contributed by atoms with Crippen LogP contribution in [0.25, 0.3) is 10.9 Å². The number of nitrogens with zero attached hydrogens (tertiary/aromatic N) is 2. The Balaban J connectivity index is 1.74. The zero-order valence-corrected chi connectivity index (χ0v) is 18.7. The van der Waals surface area contributed by atoms with Crippen LogP contribution in [0.3, 0.4) is 0 Å². The molecule has 1 N–H and O–H groups in total. The standard InChI is InChI=1S/C22H31N3O3S/c1-15-10-25(11-16(2)28-15)21(27)13-24-12-19(17-8-6-7-9-18(17)24)29-14-20(26)23-22(3,4)5/h6-9,12,15-16H,10-11,13-14H2,1-5H3,(H,23,26). The van der Waals surface area contributed by atoms with E-state index in [1.165, 1.54) is 11.8 Å². The van der Waals surface area contributed by atoms with Gasteiger partial charge in [0.15, 0.2) is 0 Å². The summed E-state index contributed by atoms with van der Waals surface area (Å²) >= 11 is 1.51. The van der Waals surface area contributed by atoms with E-state index in [1.54, 1.807) is 0 Å². The number of benzene rings is 1. The molecule has 1 aliphatic heterocycles. The third kappa shape index (κ3) is 5.76. The van der Waals surface area contributed by atoms with E-state index in [1.807, 2.05) is 74.5 Å². The molecule has 2 heterocycles. The molecular weight excluding hydrogens is 386 g/mol. The van der Waals surface area contributed by atoms with E-state index >= 15 is 0 Å². The number of rotatable bonds is 5. The molecule has 29 heavy (non-hydrogen) atoms. The van der Waals surface area contributed by atoms with Crippen molar-refractivity contribution in [3.63, 3.8) is 0 Å². The molecule has 158 valence electrons. The van der Waals surface area contributed by atoms with Crippen LogP contribution in [-0.2, 0) is 20.9 Å². The molecule has 1 fully saturated rings. The van der Waals surface area contributed by atoms with Gasteiger partial charge in [0.25, 0.3) is 0 Å². The molecule has 0 spiro atoms. The highest BCUT2D eigenvalue weighted by molar-refractivity contribution is 8.00. The summed E-state index contributed by atoms with van der Waals surface area (Å²) in [4.78, 5) is 28.0. The molecule has 3 rings (SSSR count). The summed E-state index contributed by atoms with van der Waals surface area (Å²) in [6.45, 7) is 11.4. The molecule has 2 amide bonds. The van der Waals surface area contributed by atoms with Gasteiger partial charge >= 0.3 is 0 Å². The van der Waals surface area contributed by atoms with Gasteiger partial charge in [0.05, 0.1) is 18.0 Å². The molecule has 1 saturated heterocycles. The smallest absolute Gasteiger partial charge is 0.242 e. The highest BCUT2D eigenvalue weighted by Gasteiger charge is 2.26. The first-order valence-electron chi connectivity index (χ1n) is 10.1. The van der Waals surface area contributed by atoms with Gasteiger partial charge in [-0.05, 0) is 40.7 Å². The minimum atomic E-state index is -0.246. The average Bonchev–Trinajstić information content (AvgIpc) is 2.95. The van der Waals surface area contributed by atoms with Gasteiger partial charge in [-0.3, -0.25) is 9.59 Å². The van der Waals surface area contributed by atoms with Crippen molar-refractivity contribution in [3.8, 4) is 0 Å². The zero-order chi connectivity index (χ0) is 21.2. The quantitative estimate of drug-likeness (QED) is 0.759. The van der Waals surface area contributed by atoms with E-state index in [4.69, 9.17) is 4.74 Å². The van der Waals surface area contributed by atoms with E-state index < -0.39 is 0 Å². The van der Waals surface area contributed by atoms with E-state index in [9.17, 15) is 9.59 Å². The Bertz CT molecular complexity index is 877. The topological polar surface area (TPSA) is 63.6 Å². The van der Waals surface area contributed by atoms with Crippen LogP contribution in [0.4, 0.5) is 0 Å². The molecular formula is C22H31N3O3S. The fraction of sp³-hybridized carbons (Fsp3) is 0.545. The molecule has 1 aromatic heterocycles. The summed E-state index contributed by atoms with van der Waals surface area (Å²) < 4.78 is 7.73. The summed E-state index contributed by atoms with van der Waals surface area (Å²) in [6.07, 6.45) is 2.10. The minimum Gasteiger partial charge on any atom is -0.372 e. The minimum absolute atomic E-state index is 0.00620. The zero-order valence-electron chi connectivity index (χ0n) is 17.9. The number of aromatic nitrogens is 1. The van der Waals surface area contributed by atoms with Crippen molar-refractivity contribution in [1.82, 2.24) is 14.8 Å². The average molecular weight is 418 g/mol. The Labute approximate surface area is 177 Å². The predicted molar refractivity (Wildman–Crippen MR) is 117 cm³/mol. The van der Waals surface area contributed by atoms with Gasteiger partial charge in [-0.1, -0.05) is 18.2 Å². The fourth-order valence-corrected chi connectivity index (χ4v) is 4.57. The largest absolute Gasteiger partial charge is 0.372 e. The lowest BCUT2D eigenvalue weighted by atomic mass is 10.1. The maximum atomic E-state index is 12.9. The monoisotopic (exact) mass is 417 g/mol. The first kappa shape index (κ1) is 21.7. The number of nitrogens with one attached hydrogen (secondary N) is 1. The second kappa shape index (κ2) is 8.79. The van der Waals surface area contributed by atoms with Crippen LogP contribution < -0.4 is 5.32 Å². The van der Waals surface area contributed by atoms with Crippen LogP contribution in [0.15, 0.2) is 35.4 Å². The maximum absolute atomic E-state index is 12.9. The summed E-state index contributed by atoms with van der Waals surface area (Å²) in [5, 5.41) is 4.06.